The zero-order valence-electron chi connectivity index (χ0n) is 12.9. The van der Waals surface area contributed by atoms with Gasteiger partial charge in [-0.1, -0.05) is 0 Å². The van der Waals surface area contributed by atoms with Gasteiger partial charge in [-0.05, 0) is 40.0 Å². The van der Waals surface area contributed by atoms with Gasteiger partial charge in [0.2, 0.25) is 11.8 Å². The van der Waals surface area contributed by atoms with Crippen molar-refractivity contribution in [2.75, 3.05) is 13.1 Å². The molecule has 0 aromatic carbocycles. The number of carbonyl (C=O) groups is 3. The van der Waals surface area contributed by atoms with Crippen molar-refractivity contribution < 1.29 is 19.1 Å². The summed E-state index contributed by atoms with van der Waals surface area (Å²) in [6.45, 7) is 5.60. The highest BCUT2D eigenvalue weighted by atomic mass is 16.6. The number of alkyl carbamates (subject to hydrolysis) is 1. The fraction of sp³-hybridized carbons (Fsp3) is 0.769. The first kappa shape index (κ1) is 19.2. The Hall–Kier alpha value is -1.83. The minimum atomic E-state index is -0.689. The first-order chi connectivity index (χ1) is 9.61. The van der Waals surface area contributed by atoms with Crippen molar-refractivity contribution in [1.82, 2.24) is 10.6 Å². The maximum atomic E-state index is 11.4. The Morgan fingerprint density at radius 2 is 1.76 bits per heavy atom. The number of nitrogens with two attached hydrogens (primary N) is 2. The predicted molar refractivity (Wildman–Crippen MR) is 78.3 cm³/mol. The highest BCUT2D eigenvalue weighted by molar-refractivity contribution is 5.86. The molecule has 0 rings (SSSR count). The summed E-state index contributed by atoms with van der Waals surface area (Å²) < 4.78 is 5.08. The van der Waals surface area contributed by atoms with Crippen LogP contribution in [0.25, 0.3) is 0 Å². The molecule has 1 atom stereocenters. The van der Waals surface area contributed by atoms with Gasteiger partial charge in [-0.3, -0.25) is 9.59 Å². The van der Waals surface area contributed by atoms with E-state index >= 15 is 0 Å². The summed E-state index contributed by atoms with van der Waals surface area (Å²) >= 11 is 0. The molecule has 0 fully saturated rings. The number of hydrogen-bond donors (Lipinski definition) is 4. The Balaban J connectivity index is 3.69. The van der Waals surface area contributed by atoms with Gasteiger partial charge in [-0.2, -0.15) is 0 Å². The SMILES string of the molecule is CC(C)(C)OC(=O)NCCCCC(N)C(=O)NCC(N)=O. The van der Waals surface area contributed by atoms with E-state index in [9.17, 15) is 14.4 Å². The van der Waals surface area contributed by atoms with Crippen molar-refractivity contribution >= 4 is 17.9 Å². The van der Waals surface area contributed by atoms with Crippen LogP contribution in [0.4, 0.5) is 4.79 Å². The molecule has 0 radical (unpaired) electrons. The van der Waals surface area contributed by atoms with E-state index < -0.39 is 29.6 Å². The summed E-state index contributed by atoms with van der Waals surface area (Å²) in [5.41, 5.74) is 10.0. The molecule has 8 nitrogen and oxygen atoms in total. The Morgan fingerprint density at radius 1 is 1.14 bits per heavy atom. The Bertz CT molecular complexity index is 366. The Labute approximate surface area is 124 Å². The van der Waals surface area contributed by atoms with Crippen molar-refractivity contribution in [3.05, 3.63) is 0 Å². The van der Waals surface area contributed by atoms with Gasteiger partial charge >= 0.3 is 6.09 Å². The number of amides is 3. The lowest BCUT2D eigenvalue weighted by molar-refractivity contribution is -0.125. The molecule has 1 unspecified atom stereocenters. The molecule has 8 heteroatoms. The predicted octanol–water partition coefficient (Wildman–Crippen LogP) is -0.390. The van der Waals surface area contributed by atoms with E-state index in [0.29, 0.717) is 25.8 Å². The minimum absolute atomic E-state index is 0.216. The summed E-state index contributed by atoms with van der Waals surface area (Å²) in [6.07, 6.45) is 1.34. The molecule has 122 valence electrons. The van der Waals surface area contributed by atoms with E-state index in [-0.39, 0.29) is 6.54 Å². The molecule has 3 amide bonds. The Morgan fingerprint density at radius 3 is 2.29 bits per heavy atom. The zero-order valence-corrected chi connectivity index (χ0v) is 12.9. The van der Waals surface area contributed by atoms with Gasteiger partial charge in [0.25, 0.3) is 0 Å². The van der Waals surface area contributed by atoms with E-state index in [1.807, 2.05) is 0 Å². The molecule has 0 aliphatic carbocycles. The van der Waals surface area contributed by atoms with Crippen molar-refractivity contribution in [2.45, 2.75) is 51.7 Å². The van der Waals surface area contributed by atoms with Gasteiger partial charge in [-0.15, -0.1) is 0 Å². The maximum Gasteiger partial charge on any atom is 0.407 e. The lowest BCUT2D eigenvalue weighted by Crippen LogP contribution is -2.43. The van der Waals surface area contributed by atoms with Gasteiger partial charge in [-0.25, -0.2) is 4.79 Å². The van der Waals surface area contributed by atoms with Gasteiger partial charge in [0.05, 0.1) is 12.6 Å². The highest BCUT2D eigenvalue weighted by Gasteiger charge is 2.16. The molecule has 21 heavy (non-hydrogen) atoms. The average Bonchev–Trinajstić information content (AvgIpc) is 2.32. The van der Waals surface area contributed by atoms with Crippen LogP contribution in [0.1, 0.15) is 40.0 Å². The summed E-state index contributed by atoms with van der Waals surface area (Å²) in [4.78, 5) is 33.3. The fourth-order valence-electron chi connectivity index (χ4n) is 1.43. The van der Waals surface area contributed by atoms with Crippen LogP contribution in [0.2, 0.25) is 0 Å². The van der Waals surface area contributed by atoms with Crippen LogP contribution in [0.5, 0.6) is 0 Å². The third-order valence-corrected chi connectivity index (χ3v) is 2.38. The van der Waals surface area contributed by atoms with E-state index in [1.54, 1.807) is 20.8 Å². The van der Waals surface area contributed by atoms with Crippen LogP contribution in [0.3, 0.4) is 0 Å². The first-order valence-corrected chi connectivity index (χ1v) is 6.90. The van der Waals surface area contributed by atoms with Crippen LogP contribution in [0, 0.1) is 0 Å². The number of carbonyl (C=O) groups excluding carboxylic acids is 3. The third kappa shape index (κ3) is 11.7. The zero-order chi connectivity index (χ0) is 16.5. The number of hydrogen-bond acceptors (Lipinski definition) is 5. The second-order valence-corrected chi connectivity index (χ2v) is 5.72. The first-order valence-electron chi connectivity index (χ1n) is 6.90. The molecule has 0 spiro atoms. The maximum absolute atomic E-state index is 11.4. The van der Waals surface area contributed by atoms with Crippen LogP contribution in [-0.4, -0.2) is 42.6 Å². The van der Waals surface area contributed by atoms with Crippen LogP contribution in [0.15, 0.2) is 0 Å². The number of unbranched alkanes of at least 4 members (excludes halogenated alkanes) is 1. The summed E-state index contributed by atoms with van der Waals surface area (Å²) in [7, 11) is 0. The van der Waals surface area contributed by atoms with Crippen molar-refractivity contribution in [3.8, 4) is 0 Å². The Kier molecular flexibility index (Phi) is 8.37. The topological polar surface area (TPSA) is 137 Å². The molecule has 0 bridgehead atoms. The molecule has 0 aliphatic rings. The van der Waals surface area contributed by atoms with Crippen molar-refractivity contribution in [1.29, 1.82) is 0 Å². The fourth-order valence-corrected chi connectivity index (χ4v) is 1.43. The lowest BCUT2D eigenvalue weighted by atomic mass is 10.1. The minimum Gasteiger partial charge on any atom is -0.444 e. The number of ether oxygens (including phenoxy) is 1. The number of rotatable bonds is 8. The van der Waals surface area contributed by atoms with E-state index in [4.69, 9.17) is 16.2 Å². The van der Waals surface area contributed by atoms with Crippen LogP contribution < -0.4 is 22.1 Å². The van der Waals surface area contributed by atoms with Crippen molar-refractivity contribution in [2.24, 2.45) is 11.5 Å². The molecule has 0 aliphatic heterocycles. The normalized spacial score (nSPS) is 12.4. The average molecular weight is 302 g/mol. The van der Waals surface area contributed by atoms with Gasteiger partial charge in [0.15, 0.2) is 0 Å². The second kappa shape index (κ2) is 9.17. The number of primary amides is 1. The molecule has 6 N–H and O–H groups in total. The van der Waals surface area contributed by atoms with E-state index in [2.05, 4.69) is 10.6 Å². The van der Waals surface area contributed by atoms with Gasteiger partial charge in [0.1, 0.15) is 5.60 Å². The molecule has 0 aromatic rings. The second-order valence-electron chi connectivity index (χ2n) is 5.72. The van der Waals surface area contributed by atoms with Gasteiger partial charge < -0.3 is 26.8 Å². The molecular weight excluding hydrogens is 276 g/mol. The summed E-state index contributed by atoms with van der Waals surface area (Å²) in [5, 5.41) is 4.96. The van der Waals surface area contributed by atoms with Crippen molar-refractivity contribution in [3.63, 3.8) is 0 Å². The molecule has 0 aromatic heterocycles. The smallest absolute Gasteiger partial charge is 0.407 e. The summed E-state index contributed by atoms with van der Waals surface area (Å²) in [5.74, 6) is -1.02. The van der Waals surface area contributed by atoms with Crippen LogP contribution >= 0.6 is 0 Å². The van der Waals surface area contributed by atoms with Gasteiger partial charge in [0, 0.05) is 6.54 Å². The molecular formula is C13H26N4O4. The largest absolute Gasteiger partial charge is 0.444 e. The third-order valence-electron chi connectivity index (χ3n) is 2.38. The van der Waals surface area contributed by atoms with E-state index in [1.165, 1.54) is 0 Å². The highest BCUT2D eigenvalue weighted by Crippen LogP contribution is 2.06. The van der Waals surface area contributed by atoms with E-state index in [0.717, 1.165) is 0 Å². The molecule has 0 saturated carbocycles. The lowest BCUT2D eigenvalue weighted by Gasteiger charge is -2.19. The van der Waals surface area contributed by atoms with Crippen LogP contribution in [-0.2, 0) is 14.3 Å². The number of nitrogens with one attached hydrogen (secondary N) is 2. The molecule has 0 heterocycles. The summed E-state index contributed by atoms with van der Waals surface area (Å²) in [6, 6.07) is -0.689. The quantitative estimate of drug-likeness (QED) is 0.453. The monoisotopic (exact) mass is 302 g/mol. The standard InChI is InChI=1S/C13H26N4O4/c1-13(2,3)21-12(20)16-7-5-4-6-9(14)11(19)17-8-10(15)18/h9H,4-8,14H2,1-3H3,(H2,15,18)(H,16,20)(H,17,19). The molecule has 0 saturated heterocycles.